The Kier molecular flexibility index (Phi) is 5.27. The van der Waals surface area contributed by atoms with E-state index in [0.717, 1.165) is 11.1 Å². The average Bonchev–Trinajstić information content (AvgIpc) is 3.49. The van der Waals surface area contributed by atoms with Crippen LogP contribution in [-0.4, -0.2) is 30.5 Å². The average molecular weight is 425 g/mol. The van der Waals surface area contributed by atoms with Gasteiger partial charge in [0.2, 0.25) is 23.6 Å². The van der Waals surface area contributed by atoms with Crippen LogP contribution < -0.4 is 10.6 Å². The molecule has 0 saturated heterocycles. The summed E-state index contributed by atoms with van der Waals surface area (Å²) < 4.78 is 6.79. The smallest absolute Gasteiger partial charge is 0.259 e. The molecule has 5 aromatic rings. The topological polar surface area (TPSA) is 110 Å². The summed E-state index contributed by atoms with van der Waals surface area (Å²) in [7, 11) is 0. The molecule has 0 aliphatic heterocycles. The molecule has 0 saturated carbocycles. The number of rotatable bonds is 7. The van der Waals surface area contributed by atoms with Crippen LogP contribution in [0.4, 0.5) is 11.9 Å². The maximum atomic E-state index is 12.7. The van der Waals surface area contributed by atoms with E-state index in [9.17, 15) is 4.79 Å². The number of amides is 1. The fourth-order valence-electron chi connectivity index (χ4n) is 3.18. The molecule has 5 rings (SSSR count). The van der Waals surface area contributed by atoms with Crippen molar-refractivity contribution in [3.05, 3.63) is 90.2 Å². The third-order valence-corrected chi connectivity index (χ3v) is 4.70. The summed E-state index contributed by atoms with van der Waals surface area (Å²) in [5.74, 6) is 1.46. The second-order valence-electron chi connectivity index (χ2n) is 7.05. The highest BCUT2D eigenvalue weighted by molar-refractivity contribution is 5.91. The first-order valence-electron chi connectivity index (χ1n) is 10.0. The Morgan fingerprint density at radius 3 is 2.34 bits per heavy atom. The van der Waals surface area contributed by atoms with Crippen molar-refractivity contribution in [2.24, 2.45) is 0 Å². The molecule has 9 nitrogen and oxygen atoms in total. The molecule has 1 amide bonds. The van der Waals surface area contributed by atoms with Gasteiger partial charge in [-0.25, -0.2) is 0 Å². The number of nitrogens with zero attached hydrogens (tertiary/aromatic N) is 5. The number of anilines is 2. The Morgan fingerprint density at radius 2 is 1.62 bits per heavy atom. The molecule has 0 unspecified atom stereocenters. The number of carbonyl (C=O) groups excluding carboxylic acids is 1. The summed E-state index contributed by atoms with van der Waals surface area (Å²) >= 11 is 0. The molecular weight excluding hydrogens is 406 g/mol. The highest BCUT2D eigenvalue weighted by atomic mass is 16.3. The Bertz CT molecular complexity index is 1330. The van der Waals surface area contributed by atoms with Crippen molar-refractivity contribution in [3.8, 4) is 11.6 Å². The SMILES string of the molecule is O=C(Cc1ccccc1)Nc1nc(NCc2ccccc2)nc2nc(-c3ccco3)nn12. The van der Waals surface area contributed by atoms with Crippen molar-refractivity contribution in [1.29, 1.82) is 0 Å². The van der Waals surface area contributed by atoms with Crippen LogP contribution >= 0.6 is 0 Å². The van der Waals surface area contributed by atoms with Crippen LogP contribution in [0.25, 0.3) is 17.4 Å². The standard InChI is InChI=1S/C23H19N7O2/c31-19(14-16-8-3-1-4-9-16)25-22-27-21(24-15-17-10-5-2-6-11-17)28-23-26-20(29-30(22)23)18-12-7-13-32-18/h1-13H,14-15H2,(H2,24,25,26,27,28,29,31). The van der Waals surface area contributed by atoms with Crippen LogP contribution in [0.1, 0.15) is 11.1 Å². The third kappa shape index (κ3) is 4.31. The molecule has 0 fully saturated rings. The molecule has 0 atom stereocenters. The quantitative estimate of drug-likeness (QED) is 0.410. The predicted octanol–water partition coefficient (Wildman–Crippen LogP) is 3.57. The first-order chi connectivity index (χ1) is 15.7. The maximum Gasteiger partial charge on any atom is 0.259 e. The molecule has 2 aromatic carbocycles. The van der Waals surface area contributed by atoms with E-state index in [1.807, 2.05) is 60.7 Å². The minimum absolute atomic E-state index is 0.207. The molecular formula is C23H19N7O2. The van der Waals surface area contributed by atoms with Crippen LogP contribution in [0.15, 0.2) is 83.5 Å². The molecule has 0 bridgehead atoms. The van der Waals surface area contributed by atoms with Gasteiger partial charge in [0, 0.05) is 6.54 Å². The van der Waals surface area contributed by atoms with Gasteiger partial charge in [-0.2, -0.15) is 19.5 Å². The van der Waals surface area contributed by atoms with Crippen molar-refractivity contribution in [1.82, 2.24) is 24.6 Å². The number of aromatic nitrogens is 5. The van der Waals surface area contributed by atoms with E-state index in [4.69, 9.17) is 4.42 Å². The number of nitrogens with one attached hydrogen (secondary N) is 2. The Morgan fingerprint density at radius 1 is 0.875 bits per heavy atom. The van der Waals surface area contributed by atoms with E-state index < -0.39 is 0 Å². The Balaban J connectivity index is 1.45. The van der Waals surface area contributed by atoms with Crippen molar-refractivity contribution < 1.29 is 9.21 Å². The van der Waals surface area contributed by atoms with E-state index in [-0.39, 0.29) is 24.1 Å². The van der Waals surface area contributed by atoms with Gasteiger partial charge >= 0.3 is 0 Å². The van der Waals surface area contributed by atoms with E-state index in [2.05, 4.69) is 30.7 Å². The molecule has 3 aromatic heterocycles. The zero-order valence-corrected chi connectivity index (χ0v) is 17.0. The number of hydrogen-bond donors (Lipinski definition) is 2. The van der Waals surface area contributed by atoms with E-state index in [1.54, 1.807) is 18.4 Å². The highest BCUT2D eigenvalue weighted by Gasteiger charge is 2.17. The van der Waals surface area contributed by atoms with Gasteiger partial charge in [-0.3, -0.25) is 10.1 Å². The van der Waals surface area contributed by atoms with Crippen LogP contribution in [0.3, 0.4) is 0 Å². The fourth-order valence-corrected chi connectivity index (χ4v) is 3.18. The van der Waals surface area contributed by atoms with E-state index in [1.165, 1.54) is 4.52 Å². The maximum absolute atomic E-state index is 12.7. The van der Waals surface area contributed by atoms with Gasteiger partial charge < -0.3 is 9.73 Å². The lowest BCUT2D eigenvalue weighted by Crippen LogP contribution is -2.19. The number of carbonyl (C=O) groups is 1. The van der Waals surface area contributed by atoms with Crippen LogP contribution in [0, 0.1) is 0 Å². The zero-order chi connectivity index (χ0) is 21.8. The fraction of sp³-hybridized carbons (Fsp3) is 0.0870. The summed E-state index contributed by atoms with van der Waals surface area (Å²) in [4.78, 5) is 26.0. The monoisotopic (exact) mass is 425 g/mol. The first-order valence-corrected chi connectivity index (χ1v) is 10.0. The van der Waals surface area contributed by atoms with E-state index >= 15 is 0 Å². The normalized spacial score (nSPS) is 10.9. The highest BCUT2D eigenvalue weighted by Crippen LogP contribution is 2.19. The van der Waals surface area contributed by atoms with Crippen LogP contribution in [0.5, 0.6) is 0 Å². The minimum atomic E-state index is -0.222. The molecule has 158 valence electrons. The number of fused-ring (bicyclic) bond motifs is 1. The molecule has 0 aliphatic carbocycles. The van der Waals surface area contributed by atoms with E-state index in [0.29, 0.717) is 24.1 Å². The second kappa shape index (κ2) is 8.68. The minimum Gasteiger partial charge on any atom is -0.461 e. The van der Waals surface area contributed by atoms with Gasteiger partial charge in [-0.15, -0.1) is 5.10 Å². The second-order valence-corrected chi connectivity index (χ2v) is 7.05. The molecule has 0 aliphatic rings. The van der Waals surface area contributed by atoms with Gasteiger partial charge in [0.1, 0.15) is 0 Å². The van der Waals surface area contributed by atoms with Gasteiger partial charge in [-0.1, -0.05) is 60.7 Å². The summed E-state index contributed by atoms with van der Waals surface area (Å²) in [6.45, 7) is 0.521. The molecule has 32 heavy (non-hydrogen) atoms. The van der Waals surface area contributed by atoms with Crippen LogP contribution in [-0.2, 0) is 17.8 Å². The lowest BCUT2D eigenvalue weighted by Gasteiger charge is -2.09. The van der Waals surface area contributed by atoms with Crippen molar-refractivity contribution in [3.63, 3.8) is 0 Å². The Hall–Kier alpha value is -4.53. The summed E-state index contributed by atoms with van der Waals surface area (Å²) in [5, 5.41) is 10.4. The largest absolute Gasteiger partial charge is 0.461 e. The molecule has 2 N–H and O–H groups in total. The number of hydrogen-bond acceptors (Lipinski definition) is 7. The number of benzene rings is 2. The van der Waals surface area contributed by atoms with Gasteiger partial charge in [-0.05, 0) is 23.3 Å². The van der Waals surface area contributed by atoms with Gasteiger partial charge in [0.25, 0.3) is 5.78 Å². The summed E-state index contributed by atoms with van der Waals surface area (Å²) in [5.41, 5.74) is 1.97. The van der Waals surface area contributed by atoms with Crippen molar-refractivity contribution >= 4 is 23.6 Å². The van der Waals surface area contributed by atoms with Crippen molar-refractivity contribution in [2.45, 2.75) is 13.0 Å². The molecule has 0 spiro atoms. The number of furan rings is 1. The Labute approximate surface area is 183 Å². The van der Waals surface area contributed by atoms with Gasteiger partial charge in [0.15, 0.2) is 5.76 Å². The first kappa shape index (κ1) is 19.4. The van der Waals surface area contributed by atoms with Crippen molar-refractivity contribution in [2.75, 3.05) is 10.6 Å². The lowest BCUT2D eigenvalue weighted by atomic mass is 10.1. The molecule has 0 radical (unpaired) electrons. The summed E-state index contributed by atoms with van der Waals surface area (Å²) in [6, 6.07) is 22.9. The zero-order valence-electron chi connectivity index (χ0n) is 17.0. The predicted molar refractivity (Wildman–Crippen MR) is 119 cm³/mol. The lowest BCUT2D eigenvalue weighted by molar-refractivity contribution is -0.115. The van der Waals surface area contributed by atoms with Crippen LogP contribution in [0.2, 0.25) is 0 Å². The summed E-state index contributed by atoms with van der Waals surface area (Å²) in [6.07, 6.45) is 1.75. The molecule has 9 heteroatoms. The molecule has 3 heterocycles. The third-order valence-electron chi connectivity index (χ3n) is 4.70. The van der Waals surface area contributed by atoms with Gasteiger partial charge in [0.05, 0.1) is 12.7 Å².